The minimum atomic E-state index is -0.211. The molecular weight excluding hydrogens is 703 g/mol. The third kappa shape index (κ3) is 5.99. The fourth-order valence-electron chi connectivity index (χ4n) is 8.81. The van der Waals surface area contributed by atoms with Crippen LogP contribution in [0.2, 0.25) is 0 Å². The van der Waals surface area contributed by atoms with E-state index in [1.165, 1.54) is 44.2 Å². The van der Waals surface area contributed by atoms with E-state index < -0.39 is 0 Å². The molecule has 1 aliphatic rings. The van der Waals surface area contributed by atoms with Crippen molar-refractivity contribution >= 4 is 10.8 Å². The molecule has 0 aliphatic heterocycles. The number of fused-ring (bicyclic) bond motifs is 4. The van der Waals surface area contributed by atoms with Gasteiger partial charge in [-0.15, -0.1) is 0 Å². The summed E-state index contributed by atoms with van der Waals surface area (Å²) in [5.74, 6) is 0.686. The standard InChI is InChI=1S/C55H39N3/c1-35-11-9-18-46(43-28-30-49-48(32-43)47-29-19-36(34-56)31-50(47)55(49,2)3)53(35)54-57-51(41-24-20-38(21-25-41)37-12-5-4-6-13-37)33-52(58-54)42-26-22-40(23-27-42)45-17-10-15-39-14-7-8-16-44(39)45/h4-33H,1-3H3. The molecule has 0 saturated carbocycles. The molecule has 10 rings (SSSR count). The van der Waals surface area contributed by atoms with Gasteiger partial charge in [0.2, 0.25) is 0 Å². The Kier molecular flexibility index (Phi) is 8.43. The lowest BCUT2D eigenvalue weighted by atomic mass is 9.81. The first-order chi connectivity index (χ1) is 28.4. The largest absolute Gasteiger partial charge is 0.228 e. The van der Waals surface area contributed by atoms with Gasteiger partial charge in [-0.05, 0) is 103 Å². The molecule has 0 N–H and O–H groups in total. The summed E-state index contributed by atoms with van der Waals surface area (Å²) in [5, 5.41) is 12.2. The Labute approximate surface area is 339 Å². The van der Waals surface area contributed by atoms with Gasteiger partial charge in [0.1, 0.15) is 0 Å². The van der Waals surface area contributed by atoms with Gasteiger partial charge in [-0.25, -0.2) is 9.97 Å². The maximum Gasteiger partial charge on any atom is 0.161 e. The molecule has 0 amide bonds. The number of nitrogens with zero attached hydrogens (tertiary/aromatic N) is 3. The van der Waals surface area contributed by atoms with Crippen molar-refractivity contribution in [3.8, 4) is 84.5 Å². The lowest BCUT2D eigenvalue weighted by Gasteiger charge is -2.22. The normalized spacial score (nSPS) is 12.5. The molecule has 0 unspecified atom stereocenters. The van der Waals surface area contributed by atoms with Crippen LogP contribution in [0.15, 0.2) is 182 Å². The Hall–Kier alpha value is -7.41. The highest BCUT2D eigenvalue weighted by molar-refractivity contribution is 5.97. The zero-order valence-electron chi connectivity index (χ0n) is 32.7. The summed E-state index contributed by atoms with van der Waals surface area (Å²) >= 11 is 0. The van der Waals surface area contributed by atoms with Crippen LogP contribution in [0.4, 0.5) is 0 Å². The molecule has 0 spiro atoms. The molecule has 274 valence electrons. The van der Waals surface area contributed by atoms with E-state index in [4.69, 9.17) is 9.97 Å². The van der Waals surface area contributed by atoms with E-state index in [0.717, 1.165) is 55.9 Å². The topological polar surface area (TPSA) is 49.6 Å². The van der Waals surface area contributed by atoms with Gasteiger partial charge in [0.25, 0.3) is 0 Å². The molecule has 0 radical (unpaired) electrons. The van der Waals surface area contributed by atoms with Crippen LogP contribution in [0.3, 0.4) is 0 Å². The fraction of sp³-hybridized carbons (Fsp3) is 0.0727. The Balaban J connectivity index is 1.12. The number of rotatable bonds is 6. The van der Waals surface area contributed by atoms with Crippen LogP contribution in [0.1, 0.15) is 36.1 Å². The summed E-state index contributed by atoms with van der Waals surface area (Å²) in [7, 11) is 0. The molecule has 1 heterocycles. The summed E-state index contributed by atoms with van der Waals surface area (Å²) in [5.41, 5.74) is 18.1. The summed E-state index contributed by atoms with van der Waals surface area (Å²) in [6, 6.07) is 66.8. The predicted octanol–water partition coefficient (Wildman–Crippen LogP) is 14.1. The molecule has 1 aliphatic carbocycles. The Morgan fingerprint density at radius 3 is 1.79 bits per heavy atom. The molecule has 58 heavy (non-hydrogen) atoms. The quantitative estimate of drug-likeness (QED) is 0.170. The first-order valence-corrected chi connectivity index (χ1v) is 19.8. The predicted molar refractivity (Wildman–Crippen MR) is 239 cm³/mol. The third-order valence-corrected chi connectivity index (χ3v) is 11.9. The van der Waals surface area contributed by atoms with E-state index in [1.54, 1.807) is 0 Å². The number of hydrogen-bond acceptors (Lipinski definition) is 3. The smallest absolute Gasteiger partial charge is 0.161 e. The van der Waals surface area contributed by atoms with Crippen molar-refractivity contribution in [2.75, 3.05) is 0 Å². The van der Waals surface area contributed by atoms with Crippen LogP contribution in [0.5, 0.6) is 0 Å². The Bertz CT molecular complexity index is 3070. The summed E-state index contributed by atoms with van der Waals surface area (Å²) in [4.78, 5) is 10.7. The van der Waals surface area contributed by atoms with Gasteiger partial charge < -0.3 is 0 Å². The van der Waals surface area contributed by atoms with Crippen LogP contribution in [0, 0.1) is 18.3 Å². The Morgan fingerprint density at radius 1 is 0.448 bits per heavy atom. The number of hydrogen-bond donors (Lipinski definition) is 0. The second-order valence-corrected chi connectivity index (χ2v) is 15.8. The van der Waals surface area contributed by atoms with Crippen molar-refractivity contribution in [3.05, 3.63) is 204 Å². The van der Waals surface area contributed by atoms with Gasteiger partial charge in [0, 0.05) is 22.1 Å². The van der Waals surface area contributed by atoms with E-state index in [9.17, 15) is 5.26 Å². The minimum absolute atomic E-state index is 0.211. The summed E-state index contributed by atoms with van der Waals surface area (Å²) in [6.07, 6.45) is 0. The summed E-state index contributed by atoms with van der Waals surface area (Å²) in [6.45, 7) is 6.65. The lowest BCUT2D eigenvalue weighted by molar-refractivity contribution is 0.660. The Morgan fingerprint density at radius 2 is 1.05 bits per heavy atom. The first-order valence-electron chi connectivity index (χ1n) is 19.8. The number of aromatic nitrogens is 2. The van der Waals surface area contributed by atoms with Crippen molar-refractivity contribution in [3.63, 3.8) is 0 Å². The van der Waals surface area contributed by atoms with Crippen LogP contribution < -0.4 is 0 Å². The molecule has 3 heteroatoms. The maximum atomic E-state index is 9.69. The number of aryl methyl sites for hydroxylation is 1. The zero-order chi connectivity index (χ0) is 39.4. The zero-order valence-corrected chi connectivity index (χ0v) is 32.7. The van der Waals surface area contributed by atoms with Crippen molar-refractivity contribution in [2.45, 2.75) is 26.2 Å². The molecule has 1 aromatic heterocycles. The molecular formula is C55H39N3. The third-order valence-electron chi connectivity index (χ3n) is 11.9. The number of nitriles is 1. The van der Waals surface area contributed by atoms with E-state index in [2.05, 4.69) is 197 Å². The van der Waals surface area contributed by atoms with Crippen LogP contribution >= 0.6 is 0 Å². The highest BCUT2D eigenvalue weighted by Crippen LogP contribution is 2.50. The van der Waals surface area contributed by atoms with Crippen molar-refractivity contribution < 1.29 is 0 Å². The van der Waals surface area contributed by atoms with E-state index in [0.29, 0.717) is 11.4 Å². The molecule has 0 atom stereocenters. The second kappa shape index (κ2) is 14.0. The molecule has 9 aromatic rings. The molecule has 0 saturated heterocycles. The lowest BCUT2D eigenvalue weighted by Crippen LogP contribution is -2.15. The van der Waals surface area contributed by atoms with Gasteiger partial charge in [-0.3, -0.25) is 0 Å². The van der Waals surface area contributed by atoms with Crippen LogP contribution in [-0.2, 0) is 5.41 Å². The molecule has 0 bridgehead atoms. The average Bonchev–Trinajstić information content (AvgIpc) is 3.50. The fourth-order valence-corrected chi connectivity index (χ4v) is 8.81. The summed E-state index contributed by atoms with van der Waals surface area (Å²) < 4.78 is 0. The van der Waals surface area contributed by atoms with E-state index in [1.807, 2.05) is 12.1 Å². The van der Waals surface area contributed by atoms with Crippen molar-refractivity contribution in [1.82, 2.24) is 9.97 Å². The molecule has 0 fully saturated rings. The van der Waals surface area contributed by atoms with E-state index >= 15 is 0 Å². The molecule has 8 aromatic carbocycles. The maximum absolute atomic E-state index is 9.69. The highest BCUT2D eigenvalue weighted by atomic mass is 14.9. The minimum Gasteiger partial charge on any atom is -0.228 e. The van der Waals surface area contributed by atoms with Crippen molar-refractivity contribution in [2.24, 2.45) is 0 Å². The van der Waals surface area contributed by atoms with Crippen molar-refractivity contribution in [1.29, 1.82) is 5.26 Å². The van der Waals surface area contributed by atoms with Gasteiger partial charge in [-0.1, -0.05) is 172 Å². The van der Waals surface area contributed by atoms with Crippen LogP contribution in [0.25, 0.3) is 89.2 Å². The van der Waals surface area contributed by atoms with Crippen LogP contribution in [-0.4, -0.2) is 9.97 Å². The average molecular weight is 742 g/mol. The van der Waals surface area contributed by atoms with Gasteiger partial charge in [-0.2, -0.15) is 5.26 Å². The number of benzene rings is 8. The highest BCUT2D eigenvalue weighted by Gasteiger charge is 2.36. The monoisotopic (exact) mass is 741 g/mol. The van der Waals surface area contributed by atoms with Gasteiger partial charge in [0.15, 0.2) is 5.82 Å². The van der Waals surface area contributed by atoms with Gasteiger partial charge in [0.05, 0.1) is 23.0 Å². The SMILES string of the molecule is Cc1cccc(-c2ccc3c(c2)-c2ccc(C#N)cc2C3(C)C)c1-c1nc(-c2ccc(-c3ccccc3)cc2)cc(-c2ccc(-c3cccc4ccccc34)cc2)n1. The van der Waals surface area contributed by atoms with E-state index in [-0.39, 0.29) is 5.41 Å². The second-order valence-electron chi connectivity index (χ2n) is 15.8. The first kappa shape index (κ1) is 35.0. The molecule has 3 nitrogen and oxygen atoms in total. The van der Waals surface area contributed by atoms with Gasteiger partial charge >= 0.3 is 0 Å².